The molecule has 2 unspecified atom stereocenters. The molecule has 1 heterocycles. The molecular weight excluding hydrogens is 427 g/mol. The first kappa shape index (κ1) is 18.3. The molecule has 1 aliphatic carbocycles. The summed E-state index contributed by atoms with van der Waals surface area (Å²) in [4.78, 5) is 17.6. The van der Waals surface area contributed by atoms with Crippen molar-refractivity contribution in [3.05, 3.63) is 75.5 Å². The molecule has 1 aromatic heterocycles. The van der Waals surface area contributed by atoms with Crippen LogP contribution in [-0.2, 0) is 11.3 Å². The second kappa shape index (κ2) is 7.90. The fourth-order valence-electron chi connectivity index (χ4n) is 3.46. The van der Waals surface area contributed by atoms with Crippen molar-refractivity contribution in [3.63, 3.8) is 0 Å². The summed E-state index contributed by atoms with van der Waals surface area (Å²) in [5.74, 6) is -0.412. The van der Waals surface area contributed by atoms with Crippen LogP contribution in [0, 0.1) is 11.7 Å². The highest BCUT2D eigenvalue weighted by atomic mass is 79.9. The van der Waals surface area contributed by atoms with Crippen LogP contribution in [0.1, 0.15) is 29.3 Å². The van der Waals surface area contributed by atoms with Gasteiger partial charge in [0, 0.05) is 16.9 Å². The van der Waals surface area contributed by atoms with E-state index in [1.54, 1.807) is 11.3 Å². The third-order valence-electron chi connectivity index (χ3n) is 4.79. The molecule has 6 heteroatoms. The Hall–Kier alpha value is -2.05. The second-order valence-electron chi connectivity index (χ2n) is 6.67. The third kappa shape index (κ3) is 4.12. The van der Waals surface area contributed by atoms with Crippen molar-refractivity contribution in [2.75, 3.05) is 0 Å². The number of carbonyl (C=O) groups is 1. The van der Waals surface area contributed by atoms with E-state index in [9.17, 15) is 9.18 Å². The van der Waals surface area contributed by atoms with E-state index >= 15 is 0 Å². The molecule has 27 heavy (non-hydrogen) atoms. The second-order valence-corrected chi connectivity index (χ2v) is 8.65. The highest BCUT2D eigenvalue weighted by Gasteiger charge is 2.32. The van der Waals surface area contributed by atoms with Crippen LogP contribution in [0.15, 0.2) is 59.1 Å². The average Bonchev–Trinajstić information content (AvgIpc) is 3.09. The Morgan fingerprint density at radius 1 is 1.22 bits per heavy atom. The van der Waals surface area contributed by atoms with Gasteiger partial charge in [-0.2, -0.15) is 0 Å². The van der Waals surface area contributed by atoms with Gasteiger partial charge in [-0.05, 0) is 48.7 Å². The summed E-state index contributed by atoms with van der Waals surface area (Å²) in [7, 11) is 0. The molecule has 2 atom stereocenters. The van der Waals surface area contributed by atoms with E-state index in [-0.39, 0.29) is 23.6 Å². The van der Waals surface area contributed by atoms with Gasteiger partial charge in [-0.25, -0.2) is 9.37 Å². The number of rotatable bonds is 4. The van der Waals surface area contributed by atoms with Gasteiger partial charge >= 0.3 is 0 Å². The summed E-state index contributed by atoms with van der Waals surface area (Å²) < 4.78 is 15.3. The van der Waals surface area contributed by atoms with Crippen LogP contribution < -0.4 is 5.32 Å². The average molecular weight is 445 g/mol. The molecule has 0 aliphatic heterocycles. The lowest BCUT2D eigenvalue weighted by Crippen LogP contribution is -2.34. The van der Waals surface area contributed by atoms with Crippen LogP contribution in [0.25, 0.3) is 10.2 Å². The van der Waals surface area contributed by atoms with Crippen molar-refractivity contribution in [3.8, 4) is 0 Å². The highest BCUT2D eigenvalue weighted by Crippen LogP contribution is 2.38. The number of benzene rings is 2. The number of hydrogen-bond donors (Lipinski definition) is 1. The predicted octanol–water partition coefficient (Wildman–Crippen LogP) is 5.56. The van der Waals surface area contributed by atoms with Gasteiger partial charge in [0.2, 0.25) is 5.91 Å². The normalized spacial score (nSPS) is 19.3. The van der Waals surface area contributed by atoms with Crippen molar-refractivity contribution < 1.29 is 9.18 Å². The first-order valence-electron chi connectivity index (χ1n) is 8.83. The maximum atomic E-state index is 13.5. The predicted molar refractivity (Wildman–Crippen MR) is 110 cm³/mol. The largest absolute Gasteiger partial charge is 0.352 e. The van der Waals surface area contributed by atoms with Gasteiger partial charge in [-0.1, -0.05) is 40.2 Å². The molecule has 0 spiro atoms. The Bertz CT molecular complexity index is 963. The van der Waals surface area contributed by atoms with Crippen LogP contribution in [0.5, 0.6) is 0 Å². The minimum absolute atomic E-state index is 0.0102. The number of para-hydroxylation sites is 1. The minimum atomic E-state index is -0.318. The van der Waals surface area contributed by atoms with Crippen LogP contribution in [-0.4, -0.2) is 10.9 Å². The van der Waals surface area contributed by atoms with Gasteiger partial charge in [0.05, 0.1) is 21.1 Å². The van der Waals surface area contributed by atoms with Crippen LogP contribution >= 0.6 is 27.3 Å². The maximum absolute atomic E-state index is 13.5. The first-order valence-corrected chi connectivity index (χ1v) is 10.4. The molecule has 3 nitrogen and oxygen atoms in total. The molecular formula is C21H18BrFN2OS. The zero-order valence-electron chi connectivity index (χ0n) is 14.5. The molecule has 0 saturated carbocycles. The zero-order chi connectivity index (χ0) is 18.8. The van der Waals surface area contributed by atoms with Crippen molar-refractivity contribution in [2.45, 2.75) is 25.3 Å². The number of aromatic nitrogens is 1. The number of amides is 1. The smallest absolute Gasteiger partial charge is 0.224 e. The lowest BCUT2D eigenvalue weighted by Gasteiger charge is -2.26. The highest BCUT2D eigenvalue weighted by molar-refractivity contribution is 9.10. The lowest BCUT2D eigenvalue weighted by atomic mass is 9.82. The monoisotopic (exact) mass is 444 g/mol. The Kier molecular flexibility index (Phi) is 5.36. The fourth-order valence-corrected chi connectivity index (χ4v) is 5.12. The Labute approximate surface area is 169 Å². The summed E-state index contributed by atoms with van der Waals surface area (Å²) in [6.07, 6.45) is 5.69. The van der Waals surface area contributed by atoms with Crippen molar-refractivity contribution in [1.82, 2.24) is 10.3 Å². The number of thiazole rings is 1. The quantitative estimate of drug-likeness (QED) is 0.534. The SMILES string of the molecule is O=C(NCc1cc(F)cc(Br)c1)C1CC=CCC1c1nc2ccccc2s1. The standard InChI is InChI=1S/C21H18BrFN2OS/c22-14-9-13(10-15(23)11-14)12-24-20(26)16-5-1-2-6-17(16)21-25-18-7-3-4-8-19(18)27-21/h1-4,7-11,16-17H,5-6,12H2,(H,24,26). The lowest BCUT2D eigenvalue weighted by molar-refractivity contribution is -0.125. The molecule has 3 aromatic rings. The maximum Gasteiger partial charge on any atom is 0.224 e. The van der Waals surface area contributed by atoms with E-state index < -0.39 is 0 Å². The van der Waals surface area contributed by atoms with Crippen LogP contribution in [0.3, 0.4) is 0 Å². The minimum Gasteiger partial charge on any atom is -0.352 e. The van der Waals surface area contributed by atoms with Gasteiger partial charge in [0.25, 0.3) is 0 Å². The number of nitrogens with one attached hydrogen (secondary N) is 1. The number of fused-ring (bicyclic) bond motifs is 1. The van der Waals surface area contributed by atoms with Gasteiger partial charge in [-0.3, -0.25) is 4.79 Å². The fraction of sp³-hybridized carbons (Fsp3) is 0.238. The number of allylic oxidation sites excluding steroid dienone is 2. The van der Waals surface area contributed by atoms with Crippen molar-refractivity contribution >= 4 is 43.4 Å². The Morgan fingerprint density at radius 2 is 2.04 bits per heavy atom. The van der Waals surface area contributed by atoms with E-state index in [2.05, 4.69) is 39.5 Å². The number of nitrogens with zero attached hydrogens (tertiary/aromatic N) is 1. The van der Waals surface area contributed by atoms with E-state index in [0.717, 1.165) is 27.2 Å². The summed E-state index contributed by atoms with van der Waals surface area (Å²) in [6, 6.07) is 12.7. The van der Waals surface area contributed by atoms with Gasteiger partial charge in [-0.15, -0.1) is 11.3 Å². The molecule has 0 saturated heterocycles. The topological polar surface area (TPSA) is 42.0 Å². The molecule has 138 valence electrons. The van der Waals surface area contributed by atoms with Gasteiger partial charge < -0.3 is 5.32 Å². The molecule has 1 aliphatic rings. The molecule has 1 amide bonds. The molecule has 0 fully saturated rings. The molecule has 4 rings (SSSR count). The first-order chi connectivity index (χ1) is 13.1. The van der Waals surface area contributed by atoms with Crippen LogP contribution in [0.4, 0.5) is 4.39 Å². The van der Waals surface area contributed by atoms with Gasteiger partial charge in [0.15, 0.2) is 0 Å². The molecule has 0 radical (unpaired) electrons. The van der Waals surface area contributed by atoms with E-state index in [1.165, 1.54) is 12.1 Å². The summed E-state index contributed by atoms with van der Waals surface area (Å²) in [5, 5.41) is 3.98. The third-order valence-corrected chi connectivity index (χ3v) is 6.41. The summed E-state index contributed by atoms with van der Waals surface area (Å²) in [5.41, 5.74) is 1.72. The molecule has 0 bridgehead atoms. The number of halogens is 2. The Balaban J connectivity index is 1.51. The zero-order valence-corrected chi connectivity index (χ0v) is 16.9. The van der Waals surface area contributed by atoms with E-state index in [4.69, 9.17) is 4.98 Å². The Morgan fingerprint density at radius 3 is 2.85 bits per heavy atom. The van der Waals surface area contributed by atoms with Crippen molar-refractivity contribution in [2.24, 2.45) is 5.92 Å². The van der Waals surface area contributed by atoms with Crippen molar-refractivity contribution in [1.29, 1.82) is 0 Å². The van der Waals surface area contributed by atoms with E-state index in [1.807, 2.05) is 24.3 Å². The molecule has 1 N–H and O–H groups in total. The van der Waals surface area contributed by atoms with Gasteiger partial charge in [0.1, 0.15) is 5.82 Å². The van der Waals surface area contributed by atoms with E-state index in [0.29, 0.717) is 17.4 Å². The summed E-state index contributed by atoms with van der Waals surface area (Å²) in [6.45, 7) is 0.308. The number of hydrogen-bond acceptors (Lipinski definition) is 3. The number of carbonyl (C=O) groups excluding carboxylic acids is 1. The van der Waals surface area contributed by atoms with Crippen LogP contribution in [0.2, 0.25) is 0 Å². The summed E-state index contributed by atoms with van der Waals surface area (Å²) >= 11 is 4.95. The molecule has 2 aromatic carbocycles.